The summed E-state index contributed by atoms with van der Waals surface area (Å²) < 4.78 is 2.58. The second-order valence-corrected chi connectivity index (χ2v) is 5.19. The van der Waals surface area contributed by atoms with Crippen molar-refractivity contribution in [3.8, 4) is 0 Å². The van der Waals surface area contributed by atoms with Crippen LogP contribution in [0.2, 0.25) is 0 Å². The van der Waals surface area contributed by atoms with Gasteiger partial charge in [-0.25, -0.2) is 4.79 Å². The van der Waals surface area contributed by atoms with E-state index >= 15 is 0 Å². The van der Waals surface area contributed by atoms with Crippen LogP contribution >= 0.6 is 11.9 Å². The lowest BCUT2D eigenvalue weighted by atomic mass is 10.3. The van der Waals surface area contributed by atoms with E-state index in [1.54, 1.807) is 38.0 Å². The molecular formula is C10H17N7O3S. The van der Waals surface area contributed by atoms with Gasteiger partial charge in [-0.05, 0) is 0 Å². The number of aliphatic carboxylic acids is 1. The van der Waals surface area contributed by atoms with Gasteiger partial charge in [-0.15, -0.1) is 4.91 Å². The van der Waals surface area contributed by atoms with Crippen LogP contribution in [0, 0.1) is 4.91 Å². The van der Waals surface area contributed by atoms with Gasteiger partial charge in [0.05, 0.1) is 0 Å². The van der Waals surface area contributed by atoms with Crippen molar-refractivity contribution >= 4 is 35.8 Å². The summed E-state index contributed by atoms with van der Waals surface area (Å²) in [5.74, 6) is -0.247. The first-order chi connectivity index (χ1) is 9.85. The van der Waals surface area contributed by atoms with Crippen molar-refractivity contribution in [2.24, 2.45) is 4.58 Å². The molecule has 0 fully saturated rings. The van der Waals surface area contributed by atoms with Crippen LogP contribution in [0.4, 0.5) is 17.8 Å². The normalized spacial score (nSPS) is 11.6. The number of anilines is 3. The second-order valence-electron chi connectivity index (χ2n) is 4.45. The second kappa shape index (κ2) is 7.57. The van der Waals surface area contributed by atoms with E-state index in [0.29, 0.717) is 23.8 Å². The molecule has 116 valence electrons. The number of hydrogen-bond donors (Lipinski definition) is 2. The van der Waals surface area contributed by atoms with Crippen molar-refractivity contribution < 1.29 is 9.90 Å². The van der Waals surface area contributed by atoms with E-state index < -0.39 is 12.0 Å². The van der Waals surface area contributed by atoms with Crippen molar-refractivity contribution in [2.75, 3.05) is 49.1 Å². The number of aromatic nitrogens is 3. The van der Waals surface area contributed by atoms with Crippen LogP contribution < -0.4 is 15.1 Å². The van der Waals surface area contributed by atoms with E-state index in [4.69, 9.17) is 5.11 Å². The van der Waals surface area contributed by atoms with Gasteiger partial charge in [-0.1, -0.05) is 0 Å². The first kappa shape index (κ1) is 16.9. The standard InChI is InChI=1S/C10H17N7O3S/c1-16(2)9-12-8(13-10(14-9)17(3)4)11-6(7(18)19)5-21-15-20/h6H,5H2,1-4H3,(H,18,19)(H,11,12,13,14)/t6-/m0/s1. The molecule has 0 aromatic carbocycles. The fourth-order valence-corrected chi connectivity index (χ4v) is 1.69. The molecule has 0 spiro atoms. The van der Waals surface area contributed by atoms with Crippen LogP contribution in [0.5, 0.6) is 0 Å². The first-order valence-corrected chi connectivity index (χ1v) is 6.84. The van der Waals surface area contributed by atoms with Gasteiger partial charge < -0.3 is 20.2 Å². The number of carboxylic acid groups (broad SMARTS) is 1. The maximum absolute atomic E-state index is 11.1. The summed E-state index contributed by atoms with van der Waals surface area (Å²) in [5, 5.41) is 11.8. The molecule has 0 bridgehead atoms. The summed E-state index contributed by atoms with van der Waals surface area (Å²) >= 11 is 0.619. The molecule has 0 radical (unpaired) electrons. The minimum atomic E-state index is -1.12. The Balaban J connectivity index is 3.04. The Morgan fingerprint density at radius 1 is 1.24 bits per heavy atom. The Labute approximate surface area is 126 Å². The number of hydrogen-bond acceptors (Lipinski definition) is 10. The van der Waals surface area contributed by atoms with E-state index in [2.05, 4.69) is 24.9 Å². The molecule has 10 nitrogen and oxygen atoms in total. The SMILES string of the molecule is CN(C)c1nc(N[C@@H](CSN=O)C(=O)O)nc(N(C)C)n1. The van der Waals surface area contributed by atoms with E-state index in [-0.39, 0.29) is 11.7 Å². The molecule has 0 saturated heterocycles. The minimum Gasteiger partial charge on any atom is -0.480 e. The maximum atomic E-state index is 11.1. The molecule has 0 aliphatic carbocycles. The van der Waals surface area contributed by atoms with Gasteiger partial charge in [0.2, 0.25) is 17.8 Å². The van der Waals surface area contributed by atoms with E-state index in [1.165, 1.54) is 0 Å². The van der Waals surface area contributed by atoms with Crippen molar-refractivity contribution in [2.45, 2.75) is 6.04 Å². The third-order valence-electron chi connectivity index (χ3n) is 2.31. The summed E-state index contributed by atoms with van der Waals surface area (Å²) in [7, 11) is 7.05. The zero-order valence-corrected chi connectivity index (χ0v) is 13.0. The molecule has 21 heavy (non-hydrogen) atoms. The Morgan fingerprint density at radius 2 is 1.76 bits per heavy atom. The van der Waals surface area contributed by atoms with Gasteiger partial charge in [0, 0.05) is 50.5 Å². The Kier molecular flexibility index (Phi) is 6.09. The third-order valence-corrected chi connectivity index (χ3v) is 2.89. The number of carbonyl (C=O) groups is 1. The van der Waals surface area contributed by atoms with Crippen LogP contribution in [-0.2, 0) is 4.79 Å². The molecule has 0 aliphatic rings. The lowest BCUT2D eigenvalue weighted by molar-refractivity contribution is -0.137. The number of carboxylic acids is 1. The molecule has 1 aromatic heterocycles. The highest BCUT2D eigenvalue weighted by Crippen LogP contribution is 2.15. The monoisotopic (exact) mass is 315 g/mol. The van der Waals surface area contributed by atoms with Gasteiger partial charge in [-0.2, -0.15) is 15.0 Å². The molecule has 1 rings (SSSR count). The summed E-state index contributed by atoms with van der Waals surface area (Å²) in [5.41, 5.74) is 0. The minimum absolute atomic E-state index is 0.0287. The summed E-state index contributed by atoms with van der Waals surface area (Å²) in [6.07, 6.45) is 0. The van der Waals surface area contributed by atoms with Gasteiger partial charge in [0.15, 0.2) is 0 Å². The summed E-state index contributed by atoms with van der Waals surface area (Å²) in [4.78, 5) is 37.1. The Hall–Kier alpha value is -2.17. The van der Waals surface area contributed by atoms with Gasteiger partial charge in [0.1, 0.15) is 6.04 Å². The number of nitroso groups, excluding NO2 is 1. The number of rotatable bonds is 8. The van der Waals surface area contributed by atoms with Crippen LogP contribution in [0.3, 0.4) is 0 Å². The van der Waals surface area contributed by atoms with Gasteiger partial charge in [0.25, 0.3) is 0 Å². The molecule has 2 N–H and O–H groups in total. The van der Waals surface area contributed by atoms with Crippen molar-refractivity contribution in [1.82, 2.24) is 15.0 Å². The average molecular weight is 315 g/mol. The van der Waals surface area contributed by atoms with E-state index in [9.17, 15) is 9.70 Å². The predicted octanol–water partition coefficient (Wildman–Crippen LogP) is 0.283. The maximum Gasteiger partial charge on any atom is 0.327 e. The Bertz CT molecular complexity index is 485. The highest BCUT2D eigenvalue weighted by atomic mass is 32.2. The number of nitrogens with zero attached hydrogens (tertiary/aromatic N) is 6. The van der Waals surface area contributed by atoms with Crippen LogP contribution in [0.25, 0.3) is 0 Å². The van der Waals surface area contributed by atoms with Crippen molar-refractivity contribution in [1.29, 1.82) is 0 Å². The van der Waals surface area contributed by atoms with Crippen molar-refractivity contribution in [3.63, 3.8) is 0 Å². The molecule has 0 amide bonds. The topological polar surface area (TPSA) is 124 Å². The highest BCUT2D eigenvalue weighted by Gasteiger charge is 2.20. The molecule has 0 saturated carbocycles. The zero-order valence-electron chi connectivity index (χ0n) is 12.1. The summed E-state index contributed by atoms with van der Waals surface area (Å²) in [6, 6.07) is -1.03. The first-order valence-electron chi connectivity index (χ1n) is 5.89. The van der Waals surface area contributed by atoms with Crippen molar-refractivity contribution in [3.05, 3.63) is 4.91 Å². The smallest absolute Gasteiger partial charge is 0.327 e. The molecular weight excluding hydrogens is 298 g/mol. The zero-order chi connectivity index (χ0) is 16.0. The molecule has 1 atom stereocenters. The summed E-state index contributed by atoms with van der Waals surface area (Å²) in [6.45, 7) is 0. The average Bonchev–Trinajstić information content (AvgIpc) is 2.42. The lowest BCUT2D eigenvalue weighted by Crippen LogP contribution is -2.33. The molecule has 1 heterocycles. The van der Waals surface area contributed by atoms with Gasteiger partial charge in [-0.3, -0.25) is 0 Å². The molecule has 11 heteroatoms. The fraction of sp³-hybridized carbons (Fsp3) is 0.600. The van der Waals surface area contributed by atoms with E-state index in [0.717, 1.165) is 0 Å². The Morgan fingerprint density at radius 3 is 2.14 bits per heavy atom. The highest BCUT2D eigenvalue weighted by molar-refractivity contribution is 7.97. The third kappa shape index (κ3) is 5.02. The fourth-order valence-electron chi connectivity index (χ4n) is 1.25. The quantitative estimate of drug-likeness (QED) is 0.510. The van der Waals surface area contributed by atoms with E-state index in [1.807, 2.05) is 0 Å². The molecule has 1 aromatic rings. The largest absolute Gasteiger partial charge is 0.480 e. The van der Waals surface area contributed by atoms with Gasteiger partial charge >= 0.3 is 5.97 Å². The lowest BCUT2D eigenvalue weighted by Gasteiger charge is -2.18. The number of nitrogens with one attached hydrogen (secondary N) is 1. The predicted molar refractivity (Wildman–Crippen MR) is 81.8 cm³/mol. The van der Waals surface area contributed by atoms with Crippen LogP contribution in [0.15, 0.2) is 4.58 Å². The van der Waals surface area contributed by atoms with Crippen LogP contribution in [-0.4, -0.2) is 66.0 Å². The van der Waals surface area contributed by atoms with Crippen LogP contribution in [0.1, 0.15) is 0 Å². The molecule has 0 unspecified atom stereocenters. The molecule has 0 aliphatic heterocycles.